The Morgan fingerprint density at radius 3 is 1.90 bits per heavy atom. The molecule has 6 unspecified atom stereocenters. The van der Waals surface area contributed by atoms with Crippen molar-refractivity contribution in [1.29, 1.82) is 0 Å². The van der Waals surface area contributed by atoms with Gasteiger partial charge in [0.15, 0.2) is 11.6 Å². The average molecular weight is 667 g/mol. The molecule has 264 valence electrons. The van der Waals surface area contributed by atoms with E-state index in [0.29, 0.717) is 46.6 Å². The standard InChI is InChI=1S/C22H30O3.C22H28O2/c1-21-9-7-16-15-6-4-14(24)11-13(15)3-5-17(16)20(21)18-12-19(18)22(21,25)8-2-10-23;1-21-9-7-16-15-6-4-14(23)11-13(15)3-5-17(16)20(21)18-12-19(18)22(21)8-2-10-24-22/h2,8,11,15-20,23,25H,3-7,9-10,12H2,1H3;2,8,11,15-20H,3-7,9-10,12H2,1H3/b8-2-;/t2*15-,16?,17?,18+,19-,20?,21-,22-/m00/s1. The van der Waals surface area contributed by atoms with E-state index in [0.717, 1.165) is 93.0 Å². The zero-order valence-electron chi connectivity index (χ0n) is 29.8. The maximum Gasteiger partial charge on any atom is 0.155 e. The number of ketones is 2. The summed E-state index contributed by atoms with van der Waals surface area (Å²) >= 11 is 0. The van der Waals surface area contributed by atoms with Gasteiger partial charge in [0.25, 0.3) is 0 Å². The van der Waals surface area contributed by atoms with E-state index in [1.165, 1.54) is 56.1 Å². The normalized spacial score (nSPS) is 55.4. The molecule has 16 atom stereocenters. The van der Waals surface area contributed by atoms with Crippen molar-refractivity contribution in [2.75, 3.05) is 13.2 Å². The maximum atomic E-state index is 11.8. The molecule has 0 saturated heterocycles. The summed E-state index contributed by atoms with van der Waals surface area (Å²) in [6.07, 6.45) is 28.4. The van der Waals surface area contributed by atoms with E-state index < -0.39 is 5.60 Å². The number of aliphatic hydroxyl groups is 2. The Morgan fingerprint density at radius 1 is 0.735 bits per heavy atom. The van der Waals surface area contributed by atoms with E-state index in [1.807, 2.05) is 18.2 Å². The van der Waals surface area contributed by atoms with Gasteiger partial charge in [-0.1, -0.05) is 49.3 Å². The van der Waals surface area contributed by atoms with Gasteiger partial charge in [0.05, 0.1) is 24.4 Å². The molecule has 0 amide bonds. The highest BCUT2D eigenvalue weighted by molar-refractivity contribution is 5.91. The Morgan fingerprint density at radius 2 is 1.31 bits per heavy atom. The summed E-state index contributed by atoms with van der Waals surface area (Å²) in [7, 11) is 0. The molecule has 1 aliphatic heterocycles. The summed E-state index contributed by atoms with van der Waals surface area (Å²) in [6.45, 7) is 5.72. The fourth-order valence-electron chi connectivity index (χ4n) is 16.0. The molecule has 0 bridgehead atoms. The topological polar surface area (TPSA) is 83.8 Å². The summed E-state index contributed by atoms with van der Waals surface area (Å²) in [6, 6.07) is 0. The van der Waals surface area contributed by atoms with E-state index in [-0.39, 0.29) is 17.6 Å². The minimum absolute atomic E-state index is 0.0107. The molecule has 1 heterocycles. The smallest absolute Gasteiger partial charge is 0.155 e. The first-order chi connectivity index (χ1) is 23.6. The molecule has 10 aliphatic carbocycles. The monoisotopic (exact) mass is 666 g/mol. The van der Waals surface area contributed by atoms with Crippen LogP contribution in [-0.4, -0.2) is 46.2 Å². The molecule has 11 rings (SSSR count). The Hall–Kier alpha value is -1.82. The minimum Gasteiger partial charge on any atom is -0.392 e. The first kappa shape index (κ1) is 31.9. The number of rotatable bonds is 2. The molecular formula is C44H58O5. The molecule has 5 heteroatoms. The van der Waals surface area contributed by atoms with E-state index in [9.17, 15) is 19.8 Å². The van der Waals surface area contributed by atoms with Crippen molar-refractivity contribution < 1.29 is 24.5 Å². The van der Waals surface area contributed by atoms with E-state index >= 15 is 0 Å². The summed E-state index contributed by atoms with van der Waals surface area (Å²) < 4.78 is 6.46. The summed E-state index contributed by atoms with van der Waals surface area (Å²) in [4.78, 5) is 23.7. The number of ether oxygens (including phenoxy) is 1. The maximum absolute atomic E-state index is 11.8. The zero-order valence-corrected chi connectivity index (χ0v) is 29.8. The molecule has 8 fully saturated rings. The number of allylic oxidation sites excluding steroid dienone is 2. The van der Waals surface area contributed by atoms with Crippen LogP contribution < -0.4 is 0 Å². The second-order valence-corrected chi connectivity index (χ2v) is 19.3. The molecular weight excluding hydrogens is 608 g/mol. The van der Waals surface area contributed by atoms with Crippen LogP contribution in [0.2, 0.25) is 0 Å². The highest BCUT2D eigenvalue weighted by atomic mass is 16.5. The quantitative estimate of drug-likeness (QED) is 0.297. The molecule has 2 N–H and O–H groups in total. The molecule has 0 aromatic carbocycles. The third-order valence-electron chi connectivity index (χ3n) is 17.9. The molecule has 0 aromatic rings. The second-order valence-electron chi connectivity index (χ2n) is 19.3. The lowest BCUT2D eigenvalue weighted by molar-refractivity contribution is -0.132. The third kappa shape index (κ3) is 4.22. The fraction of sp³-hybridized carbons (Fsp3) is 0.773. The van der Waals surface area contributed by atoms with Crippen LogP contribution in [0, 0.1) is 81.8 Å². The first-order valence-corrected chi connectivity index (χ1v) is 20.4. The molecule has 0 radical (unpaired) electrons. The molecule has 1 spiro atoms. The van der Waals surface area contributed by atoms with Crippen LogP contribution in [0.1, 0.15) is 104 Å². The number of carbonyl (C=O) groups is 2. The van der Waals surface area contributed by atoms with Crippen molar-refractivity contribution >= 4 is 11.6 Å². The van der Waals surface area contributed by atoms with Crippen molar-refractivity contribution in [3.8, 4) is 0 Å². The van der Waals surface area contributed by atoms with Crippen LogP contribution >= 0.6 is 0 Å². The average Bonchev–Trinajstić information content (AvgIpc) is 3.99. The minimum atomic E-state index is -0.727. The summed E-state index contributed by atoms with van der Waals surface area (Å²) in [5, 5.41) is 20.8. The molecule has 8 saturated carbocycles. The number of carbonyl (C=O) groups excluding carboxylic acids is 2. The number of hydrogen-bond acceptors (Lipinski definition) is 5. The van der Waals surface area contributed by atoms with Crippen molar-refractivity contribution in [2.45, 2.75) is 115 Å². The Bertz CT molecular complexity index is 1570. The SMILES string of the molecule is C[C@]12CCC3C(CCC4=CC(=O)CC[C@@H]43)C1[C@@H]1C[C@@H]1[C@@]2(O)/C=C\CO.C[C@]12CCC3C(CCC4=CC(=O)CC[C@@H]43)C1[C@@H]1C[C@@H]1[C@@]21C=CCO1. The van der Waals surface area contributed by atoms with Crippen LogP contribution in [0.15, 0.2) is 47.6 Å². The van der Waals surface area contributed by atoms with Crippen molar-refractivity contribution in [1.82, 2.24) is 0 Å². The van der Waals surface area contributed by atoms with Gasteiger partial charge in [0.1, 0.15) is 0 Å². The number of fused-ring (bicyclic) bond motifs is 16. The molecule has 49 heavy (non-hydrogen) atoms. The van der Waals surface area contributed by atoms with Crippen molar-refractivity contribution in [3.05, 3.63) is 47.6 Å². The van der Waals surface area contributed by atoms with Gasteiger partial charge in [-0.3, -0.25) is 9.59 Å². The van der Waals surface area contributed by atoms with Gasteiger partial charge >= 0.3 is 0 Å². The lowest BCUT2D eigenvalue weighted by Gasteiger charge is -2.57. The van der Waals surface area contributed by atoms with E-state index in [2.05, 4.69) is 26.0 Å². The highest BCUT2D eigenvalue weighted by Crippen LogP contribution is 2.78. The largest absolute Gasteiger partial charge is 0.392 e. The van der Waals surface area contributed by atoms with Gasteiger partial charge in [-0.05, 0) is 160 Å². The van der Waals surface area contributed by atoms with Gasteiger partial charge < -0.3 is 14.9 Å². The predicted molar refractivity (Wildman–Crippen MR) is 188 cm³/mol. The van der Waals surface area contributed by atoms with Crippen molar-refractivity contribution in [3.63, 3.8) is 0 Å². The Labute approximate surface area is 293 Å². The highest BCUT2D eigenvalue weighted by Gasteiger charge is 2.77. The van der Waals surface area contributed by atoms with Crippen LogP contribution in [0.5, 0.6) is 0 Å². The van der Waals surface area contributed by atoms with E-state index in [1.54, 1.807) is 6.08 Å². The lowest BCUT2D eigenvalue weighted by Crippen LogP contribution is -2.54. The van der Waals surface area contributed by atoms with Crippen LogP contribution in [0.4, 0.5) is 0 Å². The third-order valence-corrected chi connectivity index (χ3v) is 17.9. The van der Waals surface area contributed by atoms with Gasteiger partial charge in [-0.2, -0.15) is 0 Å². The fourth-order valence-corrected chi connectivity index (χ4v) is 16.0. The van der Waals surface area contributed by atoms with Gasteiger partial charge in [-0.25, -0.2) is 0 Å². The predicted octanol–water partition coefficient (Wildman–Crippen LogP) is 7.57. The first-order valence-electron chi connectivity index (χ1n) is 20.4. The van der Waals surface area contributed by atoms with Crippen molar-refractivity contribution in [2.24, 2.45) is 81.8 Å². The van der Waals surface area contributed by atoms with Crippen LogP contribution in [-0.2, 0) is 14.3 Å². The van der Waals surface area contributed by atoms with Crippen LogP contribution in [0.25, 0.3) is 0 Å². The number of hydrogen-bond donors (Lipinski definition) is 2. The zero-order chi connectivity index (χ0) is 33.5. The van der Waals surface area contributed by atoms with Gasteiger partial charge in [-0.15, -0.1) is 0 Å². The Balaban J connectivity index is 0.000000125. The second kappa shape index (κ2) is 10.9. The number of aliphatic hydroxyl groups excluding tert-OH is 1. The lowest BCUT2D eigenvalue weighted by atomic mass is 9.49. The Kier molecular flexibility index (Phi) is 7.06. The molecule has 5 nitrogen and oxygen atoms in total. The summed E-state index contributed by atoms with van der Waals surface area (Å²) in [5.41, 5.74) is 2.61. The molecule has 11 aliphatic rings. The molecule has 0 aromatic heterocycles. The van der Waals surface area contributed by atoms with Gasteiger partial charge in [0, 0.05) is 23.7 Å². The van der Waals surface area contributed by atoms with E-state index in [4.69, 9.17) is 4.74 Å². The van der Waals surface area contributed by atoms with Crippen LogP contribution in [0.3, 0.4) is 0 Å². The van der Waals surface area contributed by atoms with Gasteiger partial charge in [0.2, 0.25) is 0 Å². The summed E-state index contributed by atoms with van der Waals surface area (Å²) in [5.74, 6) is 9.48.